The van der Waals surface area contributed by atoms with E-state index < -0.39 is 0 Å². The molecule has 0 atom stereocenters. The van der Waals surface area contributed by atoms with Gasteiger partial charge in [-0.25, -0.2) is 0 Å². The van der Waals surface area contributed by atoms with Crippen molar-refractivity contribution in [3.05, 3.63) is 255 Å². The van der Waals surface area contributed by atoms with Gasteiger partial charge in [0.15, 0.2) is 0 Å². The molecule has 2 aromatic heterocycles. The second-order valence-electron chi connectivity index (χ2n) is 17.3. The molecule has 2 heterocycles. The number of para-hydroxylation sites is 3. The van der Waals surface area contributed by atoms with E-state index in [1.165, 1.54) is 54.8 Å². The first kappa shape index (κ1) is 38.5. The standard InChI is InChI=1S/C64H42N2O/c1-3-17-45(18-4-1)55-38-39-60(63-57-27-10-12-31-61(57)67-64(55)63)65(52-36-34-44(35-37-52)47-20-13-21-48(40-47)49-33-32-43-16-7-8-19-46(43)41-49)53-25-14-22-50(42-53)54-28-15-30-59-62(54)56-26-9-11-29-58(56)66(59)51-23-5-2-6-24-51/h1-42H. The molecular formula is C64H42N2O. The van der Waals surface area contributed by atoms with E-state index >= 15 is 0 Å². The summed E-state index contributed by atoms with van der Waals surface area (Å²) in [5, 5.41) is 7.09. The number of hydrogen-bond donors (Lipinski definition) is 0. The summed E-state index contributed by atoms with van der Waals surface area (Å²) in [7, 11) is 0. The van der Waals surface area contributed by atoms with Crippen molar-refractivity contribution in [2.45, 2.75) is 0 Å². The normalized spacial score (nSPS) is 11.6. The van der Waals surface area contributed by atoms with E-state index in [1.54, 1.807) is 0 Å². The average molecular weight is 855 g/mol. The van der Waals surface area contributed by atoms with Crippen LogP contribution >= 0.6 is 0 Å². The van der Waals surface area contributed by atoms with Gasteiger partial charge in [0.1, 0.15) is 11.2 Å². The molecular weight excluding hydrogens is 813 g/mol. The second-order valence-corrected chi connectivity index (χ2v) is 17.3. The van der Waals surface area contributed by atoms with Gasteiger partial charge in [-0.15, -0.1) is 0 Å². The van der Waals surface area contributed by atoms with Crippen LogP contribution < -0.4 is 4.90 Å². The lowest BCUT2D eigenvalue weighted by molar-refractivity contribution is 0.670. The van der Waals surface area contributed by atoms with Crippen LogP contribution in [0.3, 0.4) is 0 Å². The van der Waals surface area contributed by atoms with Gasteiger partial charge in [-0.05, 0) is 129 Å². The highest BCUT2D eigenvalue weighted by molar-refractivity contribution is 6.18. The van der Waals surface area contributed by atoms with E-state index in [0.717, 1.165) is 66.9 Å². The third-order valence-corrected chi connectivity index (χ3v) is 13.4. The number of nitrogens with zero attached hydrogens (tertiary/aromatic N) is 2. The smallest absolute Gasteiger partial charge is 0.145 e. The third kappa shape index (κ3) is 6.59. The molecule has 0 unspecified atom stereocenters. The Morgan fingerprint density at radius 3 is 1.81 bits per heavy atom. The number of benzene rings is 11. The number of aromatic nitrogens is 1. The second kappa shape index (κ2) is 16.0. The minimum absolute atomic E-state index is 0.860. The molecule has 13 aromatic rings. The fourth-order valence-electron chi connectivity index (χ4n) is 10.2. The maximum atomic E-state index is 6.84. The molecule has 0 N–H and O–H groups in total. The quantitative estimate of drug-likeness (QED) is 0.152. The highest BCUT2D eigenvalue weighted by atomic mass is 16.3. The highest BCUT2D eigenvalue weighted by Crippen LogP contribution is 2.48. The summed E-state index contributed by atoms with van der Waals surface area (Å²) in [6.45, 7) is 0. The van der Waals surface area contributed by atoms with Crippen LogP contribution in [-0.2, 0) is 0 Å². The summed E-state index contributed by atoms with van der Waals surface area (Å²) in [4.78, 5) is 2.41. The van der Waals surface area contributed by atoms with Crippen molar-refractivity contribution in [2.24, 2.45) is 0 Å². The Kier molecular flexibility index (Phi) is 9.17. The zero-order valence-electron chi connectivity index (χ0n) is 36.6. The first-order valence-electron chi connectivity index (χ1n) is 22.9. The molecule has 0 aliphatic rings. The summed E-state index contributed by atoms with van der Waals surface area (Å²) in [6, 6.07) is 91.8. The number of furan rings is 1. The molecule has 11 aromatic carbocycles. The zero-order valence-corrected chi connectivity index (χ0v) is 36.6. The highest BCUT2D eigenvalue weighted by Gasteiger charge is 2.23. The fourth-order valence-corrected chi connectivity index (χ4v) is 10.2. The Bertz CT molecular complexity index is 3980. The van der Waals surface area contributed by atoms with Crippen molar-refractivity contribution in [1.29, 1.82) is 0 Å². The van der Waals surface area contributed by atoms with Crippen LogP contribution in [0.5, 0.6) is 0 Å². The van der Waals surface area contributed by atoms with Gasteiger partial charge in [0.25, 0.3) is 0 Å². The van der Waals surface area contributed by atoms with E-state index in [2.05, 4.69) is 264 Å². The van der Waals surface area contributed by atoms with Crippen LogP contribution in [0.4, 0.5) is 17.1 Å². The van der Waals surface area contributed by atoms with Crippen LogP contribution in [0, 0.1) is 0 Å². The Labute approximate surface area is 388 Å². The number of rotatable bonds is 8. The Morgan fingerprint density at radius 2 is 0.955 bits per heavy atom. The topological polar surface area (TPSA) is 21.3 Å². The lowest BCUT2D eigenvalue weighted by atomic mass is 9.96. The Morgan fingerprint density at radius 1 is 0.328 bits per heavy atom. The fraction of sp³-hybridized carbons (Fsp3) is 0. The van der Waals surface area contributed by atoms with Crippen LogP contribution in [0.25, 0.3) is 105 Å². The molecule has 3 heteroatoms. The number of anilines is 3. The molecule has 3 nitrogen and oxygen atoms in total. The minimum atomic E-state index is 0.860. The molecule has 0 radical (unpaired) electrons. The van der Waals surface area contributed by atoms with Crippen molar-refractivity contribution in [1.82, 2.24) is 4.57 Å². The zero-order chi connectivity index (χ0) is 44.3. The van der Waals surface area contributed by atoms with Crippen molar-refractivity contribution in [3.8, 4) is 50.2 Å². The summed E-state index contributed by atoms with van der Waals surface area (Å²) in [6.07, 6.45) is 0. The lowest BCUT2D eigenvalue weighted by Crippen LogP contribution is -2.10. The van der Waals surface area contributed by atoms with Crippen molar-refractivity contribution in [3.63, 3.8) is 0 Å². The monoisotopic (exact) mass is 854 g/mol. The van der Waals surface area contributed by atoms with Gasteiger partial charge in [-0.3, -0.25) is 0 Å². The van der Waals surface area contributed by atoms with Gasteiger partial charge in [0, 0.05) is 38.8 Å². The first-order chi connectivity index (χ1) is 33.2. The van der Waals surface area contributed by atoms with Crippen molar-refractivity contribution in [2.75, 3.05) is 4.90 Å². The average Bonchev–Trinajstić information content (AvgIpc) is 3.96. The first-order valence-corrected chi connectivity index (χ1v) is 22.9. The molecule has 0 fully saturated rings. The molecule has 314 valence electrons. The number of hydrogen-bond acceptors (Lipinski definition) is 2. The van der Waals surface area contributed by atoms with E-state index in [-0.39, 0.29) is 0 Å². The van der Waals surface area contributed by atoms with E-state index in [1.807, 2.05) is 0 Å². The summed E-state index contributed by atoms with van der Waals surface area (Å²) in [5.41, 5.74) is 17.6. The van der Waals surface area contributed by atoms with Gasteiger partial charge >= 0.3 is 0 Å². The van der Waals surface area contributed by atoms with Gasteiger partial charge in [-0.2, -0.15) is 0 Å². The van der Waals surface area contributed by atoms with Gasteiger partial charge in [-0.1, -0.05) is 176 Å². The molecule has 13 rings (SSSR count). The third-order valence-electron chi connectivity index (χ3n) is 13.4. The molecule has 67 heavy (non-hydrogen) atoms. The molecule has 0 amide bonds. The van der Waals surface area contributed by atoms with Crippen molar-refractivity contribution < 1.29 is 4.42 Å². The minimum Gasteiger partial charge on any atom is -0.455 e. The number of fused-ring (bicyclic) bond motifs is 7. The molecule has 0 saturated heterocycles. The predicted octanol–water partition coefficient (Wildman–Crippen LogP) is 18.0. The summed E-state index contributed by atoms with van der Waals surface area (Å²) >= 11 is 0. The Hall–Kier alpha value is -8.92. The van der Waals surface area contributed by atoms with E-state index in [0.29, 0.717) is 0 Å². The summed E-state index contributed by atoms with van der Waals surface area (Å²) < 4.78 is 9.23. The van der Waals surface area contributed by atoms with Crippen LogP contribution in [0.2, 0.25) is 0 Å². The Balaban J connectivity index is 0.992. The summed E-state index contributed by atoms with van der Waals surface area (Å²) in [5.74, 6) is 0. The molecule has 0 aliphatic heterocycles. The largest absolute Gasteiger partial charge is 0.455 e. The van der Waals surface area contributed by atoms with Crippen LogP contribution in [0.15, 0.2) is 259 Å². The van der Waals surface area contributed by atoms with Crippen molar-refractivity contribution >= 4 is 71.6 Å². The molecule has 0 spiro atoms. The van der Waals surface area contributed by atoms with Gasteiger partial charge in [0.05, 0.1) is 22.1 Å². The molecule has 0 saturated carbocycles. The van der Waals surface area contributed by atoms with E-state index in [9.17, 15) is 0 Å². The SMILES string of the molecule is c1ccc(-c2ccc(N(c3ccc(-c4cccc(-c5ccc6ccccc6c5)c4)cc3)c3cccc(-c4cccc5c4c4ccccc4n5-c4ccccc4)c3)c3c2oc2ccccc23)cc1. The van der Waals surface area contributed by atoms with Gasteiger partial charge < -0.3 is 13.9 Å². The lowest BCUT2D eigenvalue weighted by Gasteiger charge is -2.27. The van der Waals surface area contributed by atoms with Crippen LogP contribution in [0.1, 0.15) is 0 Å². The maximum Gasteiger partial charge on any atom is 0.145 e. The van der Waals surface area contributed by atoms with E-state index in [4.69, 9.17) is 4.42 Å². The molecule has 0 bridgehead atoms. The van der Waals surface area contributed by atoms with Crippen LogP contribution in [-0.4, -0.2) is 4.57 Å². The predicted molar refractivity (Wildman–Crippen MR) is 282 cm³/mol. The molecule has 0 aliphatic carbocycles. The van der Waals surface area contributed by atoms with Gasteiger partial charge in [0.2, 0.25) is 0 Å². The maximum absolute atomic E-state index is 6.84.